The van der Waals surface area contributed by atoms with E-state index in [0.29, 0.717) is 0 Å². The van der Waals surface area contributed by atoms with E-state index in [1.165, 1.54) is 18.7 Å². The largest absolute Gasteiger partial charge is 0.396 e. The quantitative estimate of drug-likeness (QED) is 0.763. The van der Waals surface area contributed by atoms with Gasteiger partial charge in [0, 0.05) is 24.8 Å². The molecule has 0 saturated heterocycles. The van der Waals surface area contributed by atoms with Gasteiger partial charge in [-0.1, -0.05) is 12.8 Å². The van der Waals surface area contributed by atoms with Gasteiger partial charge in [0.25, 0.3) is 5.56 Å². The van der Waals surface area contributed by atoms with Crippen LogP contribution in [0.2, 0.25) is 0 Å². The lowest BCUT2D eigenvalue weighted by Crippen LogP contribution is -2.24. The SMILES string of the molecule is O=c1ccnc([C@H]2CCCC[C@@H]2CO)[nH]1. The molecule has 0 aromatic carbocycles. The van der Waals surface area contributed by atoms with Gasteiger partial charge in [-0.25, -0.2) is 4.98 Å². The first-order valence-corrected chi connectivity index (χ1v) is 5.47. The Morgan fingerprint density at radius 1 is 1.47 bits per heavy atom. The molecule has 1 fully saturated rings. The number of aromatic amines is 1. The van der Waals surface area contributed by atoms with Crippen LogP contribution in [0.3, 0.4) is 0 Å². The number of aliphatic hydroxyl groups is 1. The number of nitrogens with one attached hydrogen (secondary N) is 1. The molecule has 1 aliphatic carbocycles. The molecule has 2 atom stereocenters. The Morgan fingerprint density at radius 3 is 3.00 bits per heavy atom. The van der Waals surface area contributed by atoms with E-state index < -0.39 is 0 Å². The van der Waals surface area contributed by atoms with Gasteiger partial charge >= 0.3 is 0 Å². The fourth-order valence-corrected chi connectivity index (χ4v) is 2.36. The Bertz CT molecular complexity index is 375. The zero-order valence-electron chi connectivity index (χ0n) is 8.65. The lowest BCUT2D eigenvalue weighted by atomic mass is 9.79. The molecule has 1 aromatic rings. The van der Waals surface area contributed by atoms with Gasteiger partial charge in [-0.3, -0.25) is 4.79 Å². The summed E-state index contributed by atoms with van der Waals surface area (Å²) in [6.45, 7) is 0.184. The molecule has 82 valence electrons. The van der Waals surface area contributed by atoms with Crippen LogP contribution in [0, 0.1) is 5.92 Å². The van der Waals surface area contributed by atoms with Crippen molar-refractivity contribution in [2.24, 2.45) is 5.92 Å². The van der Waals surface area contributed by atoms with Crippen LogP contribution in [-0.4, -0.2) is 21.7 Å². The highest BCUT2D eigenvalue weighted by molar-refractivity contribution is 5.01. The predicted molar refractivity (Wildman–Crippen MR) is 56.6 cm³/mol. The molecule has 0 unspecified atom stereocenters. The van der Waals surface area contributed by atoms with Gasteiger partial charge in [0.1, 0.15) is 5.82 Å². The van der Waals surface area contributed by atoms with Gasteiger partial charge < -0.3 is 10.1 Å². The zero-order chi connectivity index (χ0) is 10.7. The van der Waals surface area contributed by atoms with Gasteiger partial charge in [-0.05, 0) is 18.8 Å². The van der Waals surface area contributed by atoms with Crippen molar-refractivity contribution in [1.82, 2.24) is 9.97 Å². The van der Waals surface area contributed by atoms with Crippen LogP contribution in [-0.2, 0) is 0 Å². The van der Waals surface area contributed by atoms with E-state index in [9.17, 15) is 9.90 Å². The Kier molecular flexibility index (Phi) is 3.16. The molecule has 4 nitrogen and oxygen atoms in total. The average molecular weight is 208 g/mol. The molecule has 0 bridgehead atoms. The summed E-state index contributed by atoms with van der Waals surface area (Å²) in [5.41, 5.74) is -0.109. The summed E-state index contributed by atoms with van der Waals surface area (Å²) in [4.78, 5) is 18.1. The molecule has 1 heterocycles. The number of hydrogen-bond donors (Lipinski definition) is 2. The first kappa shape index (κ1) is 10.4. The van der Waals surface area contributed by atoms with Gasteiger partial charge in [0.2, 0.25) is 0 Å². The third-order valence-corrected chi connectivity index (χ3v) is 3.19. The standard InChI is InChI=1S/C11H16N2O2/c14-7-8-3-1-2-4-9(8)11-12-6-5-10(15)13-11/h5-6,8-9,14H,1-4,7H2,(H,12,13,15)/t8-,9+/m1/s1. The van der Waals surface area contributed by atoms with E-state index in [1.54, 1.807) is 0 Å². The molecular formula is C11H16N2O2. The minimum atomic E-state index is -0.109. The summed E-state index contributed by atoms with van der Waals surface area (Å²) in [5.74, 6) is 1.21. The number of hydrogen-bond acceptors (Lipinski definition) is 3. The Balaban J connectivity index is 2.24. The van der Waals surface area contributed by atoms with E-state index in [1.807, 2.05) is 0 Å². The average Bonchev–Trinajstić information content (AvgIpc) is 2.29. The van der Waals surface area contributed by atoms with Crippen LogP contribution >= 0.6 is 0 Å². The van der Waals surface area contributed by atoms with Crippen molar-refractivity contribution in [3.63, 3.8) is 0 Å². The first-order valence-electron chi connectivity index (χ1n) is 5.47. The molecule has 2 N–H and O–H groups in total. The van der Waals surface area contributed by atoms with Crippen molar-refractivity contribution in [2.45, 2.75) is 31.6 Å². The summed E-state index contributed by atoms with van der Waals surface area (Å²) in [5, 5.41) is 9.27. The van der Waals surface area contributed by atoms with Crippen LogP contribution < -0.4 is 5.56 Å². The van der Waals surface area contributed by atoms with Gasteiger partial charge in [-0.2, -0.15) is 0 Å². The topological polar surface area (TPSA) is 66.0 Å². The van der Waals surface area contributed by atoms with Crippen molar-refractivity contribution >= 4 is 0 Å². The van der Waals surface area contributed by atoms with Crippen molar-refractivity contribution in [3.8, 4) is 0 Å². The molecule has 15 heavy (non-hydrogen) atoms. The molecule has 4 heteroatoms. The second kappa shape index (κ2) is 4.57. The third kappa shape index (κ3) is 2.26. The zero-order valence-corrected chi connectivity index (χ0v) is 8.65. The van der Waals surface area contributed by atoms with Gasteiger partial charge in [0.05, 0.1) is 0 Å². The van der Waals surface area contributed by atoms with Crippen molar-refractivity contribution in [3.05, 3.63) is 28.4 Å². The van der Waals surface area contributed by atoms with E-state index in [2.05, 4.69) is 9.97 Å². The summed E-state index contributed by atoms with van der Waals surface area (Å²) >= 11 is 0. The Morgan fingerprint density at radius 2 is 2.27 bits per heavy atom. The van der Waals surface area contributed by atoms with Crippen molar-refractivity contribution in [2.75, 3.05) is 6.61 Å². The predicted octanol–water partition coefficient (Wildman–Crippen LogP) is 1.04. The summed E-state index contributed by atoms with van der Waals surface area (Å²) in [6.07, 6.45) is 5.90. The van der Waals surface area contributed by atoms with E-state index in [4.69, 9.17) is 0 Å². The summed E-state index contributed by atoms with van der Waals surface area (Å²) in [6, 6.07) is 1.42. The summed E-state index contributed by atoms with van der Waals surface area (Å²) in [7, 11) is 0. The van der Waals surface area contributed by atoms with Crippen molar-refractivity contribution < 1.29 is 5.11 Å². The maximum Gasteiger partial charge on any atom is 0.250 e. The highest BCUT2D eigenvalue weighted by atomic mass is 16.3. The van der Waals surface area contributed by atoms with E-state index in [0.717, 1.165) is 25.1 Å². The highest BCUT2D eigenvalue weighted by Crippen LogP contribution is 2.35. The number of nitrogens with zero attached hydrogens (tertiary/aromatic N) is 1. The molecule has 0 aliphatic heterocycles. The van der Waals surface area contributed by atoms with E-state index >= 15 is 0 Å². The Labute approximate surface area is 88.4 Å². The first-order chi connectivity index (χ1) is 7.31. The second-order valence-electron chi connectivity index (χ2n) is 4.15. The normalized spacial score (nSPS) is 26.5. The molecule has 1 aromatic heterocycles. The fraction of sp³-hybridized carbons (Fsp3) is 0.636. The minimum absolute atomic E-state index is 0.109. The van der Waals surface area contributed by atoms with E-state index in [-0.39, 0.29) is 24.0 Å². The summed E-state index contributed by atoms with van der Waals surface area (Å²) < 4.78 is 0. The lowest BCUT2D eigenvalue weighted by molar-refractivity contribution is 0.165. The fourth-order valence-electron chi connectivity index (χ4n) is 2.36. The molecule has 2 rings (SSSR count). The van der Waals surface area contributed by atoms with Crippen LogP contribution in [0.4, 0.5) is 0 Å². The maximum absolute atomic E-state index is 11.2. The van der Waals surface area contributed by atoms with Crippen LogP contribution in [0.15, 0.2) is 17.1 Å². The highest BCUT2D eigenvalue weighted by Gasteiger charge is 2.27. The van der Waals surface area contributed by atoms with Crippen LogP contribution in [0.1, 0.15) is 37.4 Å². The number of aliphatic hydroxyl groups excluding tert-OH is 1. The van der Waals surface area contributed by atoms with Gasteiger partial charge in [-0.15, -0.1) is 0 Å². The minimum Gasteiger partial charge on any atom is -0.396 e. The Hall–Kier alpha value is -1.16. The number of rotatable bonds is 2. The van der Waals surface area contributed by atoms with Crippen LogP contribution in [0.5, 0.6) is 0 Å². The maximum atomic E-state index is 11.2. The van der Waals surface area contributed by atoms with Crippen LogP contribution in [0.25, 0.3) is 0 Å². The number of aromatic nitrogens is 2. The van der Waals surface area contributed by atoms with Crippen molar-refractivity contribution in [1.29, 1.82) is 0 Å². The second-order valence-corrected chi connectivity index (χ2v) is 4.15. The molecular weight excluding hydrogens is 192 g/mol. The molecule has 1 saturated carbocycles. The molecule has 1 aliphatic rings. The molecule has 0 radical (unpaired) electrons. The smallest absolute Gasteiger partial charge is 0.250 e. The molecule has 0 amide bonds. The number of H-pyrrole nitrogens is 1. The monoisotopic (exact) mass is 208 g/mol. The van der Waals surface area contributed by atoms with Gasteiger partial charge in [0.15, 0.2) is 0 Å². The molecule has 0 spiro atoms. The lowest BCUT2D eigenvalue weighted by Gasteiger charge is -2.29. The third-order valence-electron chi connectivity index (χ3n) is 3.19.